The van der Waals surface area contributed by atoms with Crippen LogP contribution in [0.25, 0.3) is 0 Å². The van der Waals surface area contributed by atoms with E-state index in [2.05, 4.69) is 10.1 Å². The van der Waals surface area contributed by atoms with Gasteiger partial charge in [-0.3, -0.25) is 9.59 Å². The lowest BCUT2D eigenvalue weighted by Gasteiger charge is -2.36. The molecule has 1 atom stereocenters. The van der Waals surface area contributed by atoms with Crippen molar-refractivity contribution in [1.82, 2.24) is 4.90 Å². The van der Waals surface area contributed by atoms with Gasteiger partial charge in [-0.2, -0.15) is 8.78 Å². The summed E-state index contributed by atoms with van der Waals surface area (Å²) < 4.78 is 28.7. The molecular weight excluding hydrogens is 354 g/mol. The lowest BCUT2D eigenvalue weighted by Crippen LogP contribution is -2.40. The van der Waals surface area contributed by atoms with Crippen LogP contribution in [0.1, 0.15) is 30.5 Å². The van der Waals surface area contributed by atoms with Crippen molar-refractivity contribution in [3.05, 3.63) is 59.7 Å². The van der Waals surface area contributed by atoms with E-state index in [1.54, 1.807) is 4.90 Å². The zero-order valence-corrected chi connectivity index (χ0v) is 14.8. The van der Waals surface area contributed by atoms with Gasteiger partial charge in [-0.25, -0.2) is 0 Å². The molecule has 0 bridgehead atoms. The summed E-state index contributed by atoms with van der Waals surface area (Å²) in [6.07, 6.45) is 0.880. The third-order valence-electron chi connectivity index (χ3n) is 4.56. The number of alkyl halides is 2. The normalized spacial score (nSPS) is 16.0. The molecule has 0 saturated carbocycles. The first-order valence-electron chi connectivity index (χ1n) is 8.64. The number of carbonyl (C=O) groups excluding carboxylic acids is 2. The highest BCUT2D eigenvalue weighted by molar-refractivity contribution is 5.91. The van der Waals surface area contributed by atoms with Crippen molar-refractivity contribution in [2.45, 2.75) is 32.4 Å². The van der Waals surface area contributed by atoms with Crippen LogP contribution in [-0.2, 0) is 16.0 Å². The van der Waals surface area contributed by atoms with Crippen LogP contribution in [0.4, 0.5) is 14.5 Å². The molecule has 2 amide bonds. The molecule has 0 aliphatic carbocycles. The van der Waals surface area contributed by atoms with Gasteiger partial charge < -0.3 is 15.0 Å². The Morgan fingerprint density at radius 2 is 1.89 bits per heavy atom. The molecule has 2 aromatic carbocycles. The molecule has 0 saturated heterocycles. The Morgan fingerprint density at radius 1 is 1.19 bits per heavy atom. The molecule has 1 aliphatic rings. The number of halogens is 2. The van der Waals surface area contributed by atoms with Crippen molar-refractivity contribution < 1.29 is 23.1 Å². The van der Waals surface area contributed by atoms with Crippen molar-refractivity contribution in [1.29, 1.82) is 0 Å². The Bertz CT molecular complexity index is 824. The number of hydrogen-bond donors (Lipinski definition) is 1. The summed E-state index contributed by atoms with van der Waals surface area (Å²) in [5.41, 5.74) is 2.59. The summed E-state index contributed by atoms with van der Waals surface area (Å²) in [7, 11) is 0. The summed E-state index contributed by atoms with van der Waals surface area (Å²) in [4.78, 5) is 26.2. The van der Waals surface area contributed by atoms with Gasteiger partial charge in [0.15, 0.2) is 0 Å². The van der Waals surface area contributed by atoms with E-state index in [0.29, 0.717) is 12.2 Å². The van der Waals surface area contributed by atoms with Crippen molar-refractivity contribution in [3.8, 4) is 5.75 Å². The highest BCUT2D eigenvalue weighted by Gasteiger charge is 2.30. The number of amides is 2. The Hall–Kier alpha value is -2.96. The summed E-state index contributed by atoms with van der Waals surface area (Å²) in [5.74, 6) is -0.312. The van der Waals surface area contributed by atoms with Crippen molar-refractivity contribution >= 4 is 17.5 Å². The molecule has 0 fully saturated rings. The van der Waals surface area contributed by atoms with Gasteiger partial charge in [0.25, 0.3) is 0 Å². The highest BCUT2D eigenvalue weighted by Crippen LogP contribution is 2.32. The van der Waals surface area contributed by atoms with Gasteiger partial charge in [0, 0.05) is 19.2 Å². The summed E-state index contributed by atoms with van der Waals surface area (Å²) in [6.45, 7) is -0.820. The van der Waals surface area contributed by atoms with Crippen molar-refractivity contribution in [3.63, 3.8) is 0 Å². The van der Waals surface area contributed by atoms with E-state index in [0.717, 1.165) is 17.5 Å². The van der Waals surface area contributed by atoms with Crippen molar-refractivity contribution in [2.75, 3.05) is 11.9 Å². The number of carbonyl (C=O) groups is 2. The molecule has 0 aromatic heterocycles. The highest BCUT2D eigenvalue weighted by atomic mass is 19.3. The zero-order valence-electron chi connectivity index (χ0n) is 14.8. The number of anilines is 1. The lowest BCUT2D eigenvalue weighted by atomic mass is 9.90. The maximum absolute atomic E-state index is 12.5. The standard InChI is InChI=1S/C20H20F2N2O3/c1-13(25)24-11-10-14-4-2-3-5-17(14)18(24)12-19(26)23-15-6-8-16(9-7-15)27-20(21)22/h2-9,18,20H,10-12H2,1H3,(H,23,26). The second-order valence-corrected chi connectivity index (χ2v) is 6.33. The first kappa shape index (κ1) is 18.8. The number of benzene rings is 2. The van der Waals surface area contributed by atoms with Crippen LogP contribution in [0.2, 0.25) is 0 Å². The molecule has 1 aliphatic heterocycles. The summed E-state index contributed by atoms with van der Waals surface area (Å²) in [6, 6.07) is 13.2. The van der Waals surface area contributed by atoms with Gasteiger partial charge >= 0.3 is 6.61 Å². The molecule has 3 rings (SSSR count). The van der Waals surface area contributed by atoms with E-state index in [4.69, 9.17) is 0 Å². The minimum absolute atomic E-state index is 0.0203. The SMILES string of the molecule is CC(=O)N1CCc2ccccc2C1CC(=O)Nc1ccc(OC(F)F)cc1. The number of nitrogens with zero attached hydrogens (tertiary/aromatic N) is 1. The van der Waals surface area contributed by atoms with E-state index in [-0.39, 0.29) is 30.0 Å². The van der Waals surface area contributed by atoms with Crippen LogP contribution < -0.4 is 10.1 Å². The molecule has 0 spiro atoms. The van der Waals surface area contributed by atoms with Gasteiger partial charge in [0.2, 0.25) is 11.8 Å². The third-order valence-corrected chi connectivity index (χ3v) is 4.56. The minimum atomic E-state index is -2.89. The summed E-state index contributed by atoms with van der Waals surface area (Å²) in [5, 5.41) is 2.74. The van der Waals surface area contributed by atoms with E-state index < -0.39 is 6.61 Å². The fourth-order valence-corrected chi connectivity index (χ4v) is 3.36. The summed E-state index contributed by atoms with van der Waals surface area (Å²) >= 11 is 0. The molecule has 1 N–H and O–H groups in total. The number of hydrogen-bond acceptors (Lipinski definition) is 3. The Labute approximate surface area is 155 Å². The predicted molar refractivity (Wildman–Crippen MR) is 96.6 cm³/mol. The smallest absolute Gasteiger partial charge is 0.387 e. The van der Waals surface area contributed by atoms with Crippen LogP contribution in [0.15, 0.2) is 48.5 Å². The quantitative estimate of drug-likeness (QED) is 0.867. The molecule has 1 heterocycles. The van der Waals surface area contributed by atoms with Crippen LogP contribution in [-0.4, -0.2) is 29.9 Å². The van der Waals surface area contributed by atoms with Gasteiger partial charge in [-0.05, 0) is 41.8 Å². The molecule has 7 heteroatoms. The van der Waals surface area contributed by atoms with E-state index in [1.165, 1.54) is 31.2 Å². The number of nitrogens with one attached hydrogen (secondary N) is 1. The number of fused-ring (bicyclic) bond motifs is 1. The topological polar surface area (TPSA) is 58.6 Å². The molecule has 1 unspecified atom stereocenters. The van der Waals surface area contributed by atoms with Crippen LogP contribution in [0.5, 0.6) is 5.75 Å². The number of ether oxygens (including phenoxy) is 1. The Balaban J connectivity index is 1.71. The average molecular weight is 374 g/mol. The van der Waals surface area contributed by atoms with Crippen LogP contribution >= 0.6 is 0 Å². The van der Waals surface area contributed by atoms with Gasteiger partial charge in [-0.1, -0.05) is 24.3 Å². The first-order chi connectivity index (χ1) is 12.9. The van der Waals surface area contributed by atoms with Gasteiger partial charge in [-0.15, -0.1) is 0 Å². The second-order valence-electron chi connectivity index (χ2n) is 6.33. The zero-order chi connectivity index (χ0) is 19.4. The predicted octanol–water partition coefficient (Wildman–Crippen LogP) is 3.76. The molecule has 5 nitrogen and oxygen atoms in total. The molecule has 2 aromatic rings. The minimum Gasteiger partial charge on any atom is -0.435 e. The molecule has 142 valence electrons. The Morgan fingerprint density at radius 3 is 2.56 bits per heavy atom. The third kappa shape index (κ3) is 4.61. The maximum atomic E-state index is 12.5. The first-order valence-corrected chi connectivity index (χ1v) is 8.64. The van der Waals surface area contributed by atoms with E-state index >= 15 is 0 Å². The average Bonchev–Trinajstić information content (AvgIpc) is 2.63. The lowest BCUT2D eigenvalue weighted by molar-refractivity contribution is -0.132. The molecule has 27 heavy (non-hydrogen) atoms. The van der Waals surface area contributed by atoms with E-state index in [1.807, 2.05) is 24.3 Å². The van der Waals surface area contributed by atoms with Gasteiger partial charge in [0.1, 0.15) is 5.75 Å². The van der Waals surface area contributed by atoms with Crippen LogP contribution in [0.3, 0.4) is 0 Å². The largest absolute Gasteiger partial charge is 0.435 e. The second kappa shape index (κ2) is 8.16. The van der Waals surface area contributed by atoms with Crippen molar-refractivity contribution in [2.24, 2.45) is 0 Å². The number of rotatable bonds is 5. The van der Waals surface area contributed by atoms with Crippen LogP contribution in [0, 0.1) is 0 Å². The Kier molecular flexibility index (Phi) is 5.69. The molecule has 0 radical (unpaired) electrons. The van der Waals surface area contributed by atoms with E-state index in [9.17, 15) is 18.4 Å². The fraction of sp³-hybridized carbons (Fsp3) is 0.300. The molecular formula is C20H20F2N2O3. The van der Waals surface area contributed by atoms with Gasteiger partial charge in [0.05, 0.1) is 12.5 Å². The fourth-order valence-electron chi connectivity index (χ4n) is 3.36. The maximum Gasteiger partial charge on any atom is 0.387 e. The monoisotopic (exact) mass is 374 g/mol.